The molecule has 0 aliphatic rings. The van der Waals surface area contributed by atoms with Crippen LogP contribution in [-0.4, -0.2) is 47.4 Å². The summed E-state index contributed by atoms with van der Waals surface area (Å²) in [6.45, 7) is 4.99. The number of hydrogen-bond donors (Lipinski definition) is 3. The van der Waals surface area contributed by atoms with E-state index in [1.165, 1.54) is 334 Å². The maximum atomic E-state index is 12.5. The number of unbranched alkanes of at least 4 members (excludes halogenated alkanes) is 54. The molecular formula is C71H139NO5. The molecule has 2 atom stereocenters. The van der Waals surface area contributed by atoms with E-state index in [2.05, 4.69) is 31.3 Å². The third kappa shape index (κ3) is 63.6. The Balaban J connectivity index is 3.34. The Kier molecular flexibility index (Phi) is 65.9. The number of amides is 1. The Morgan fingerprint density at radius 2 is 0.610 bits per heavy atom. The van der Waals surface area contributed by atoms with Crippen LogP contribution >= 0.6 is 0 Å². The number of carbonyl (C=O) groups is 2. The second-order valence-corrected chi connectivity index (χ2v) is 24.6. The smallest absolute Gasteiger partial charge is 0.305 e. The van der Waals surface area contributed by atoms with Gasteiger partial charge in [-0.15, -0.1) is 0 Å². The highest BCUT2D eigenvalue weighted by Crippen LogP contribution is 2.19. The van der Waals surface area contributed by atoms with E-state index in [9.17, 15) is 19.8 Å². The molecule has 0 heterocycles. The van der Waals surface area contributed by atoms with Gasteiger partial charge in [0, 0.05) is 12.8 Å². The first-order chi connectivity index (χ1) is 38.0. The van der Waals surface area contributed by atoms with Gasteiger partial charge in [0.05, 0.1) is 25.4 Å². The molecule has 0 rings (SSSR count). The first kappa shape index (κ1) is 75.6. The van der Waals surface area contributed by atoms with E-state index in [-0.39, 0.29) is 18.5 Å². The topological polar surface area (TPSA) is 95.9 Å². The van der Waals surface area contributed by atoms with Crippen molar-refractivity contribution in [2.75, 3.05) is 13.2 Å². The number of hydrogen-bond acceptors (Lipinski definition) is 5. The minimum atomic E-state index is -0.662. The number of carbonyl (C=O) groups excluding carboxylic acids is 2. The Labute approximate surface area is 482 Å². The lowest BCUT2D eigenvalue weighted by molar-refractivity contribution is -0.143. The average molecular weight is 1090 g/mol. The van der Waals surface area contributed by atoms with Crippen molar-refractivity contribution in [3.8, 4) is 0 Å². The molecule has 0 spiro atoms. The zero-order chi connectivity index (χ0) is 55.7. The fourth-order valence-corrected chi connectivity index (χ4v) is 11.4. The molecule has 0 saturated heterocycles. The van der Waals surface area contributed by atoms with Gasteiger partial charge >= 0.3 is 5.97 Å². The van der Waals surface area contributed by atoms with Gasteiger partial charge in [-0.1, -0.05) is 353 Å². The third-order valence-corrected chi connectivity index (χ3v) is 16.8. The Morgan fingerprint density at radius 1 is 0.351 bits per heavy atom. The van der Waals surface area contributed by atoms with Crippen molar-refractivity contribution in [3.05, 3.63) is 12.2 Å². The Morgan fingerprint density at radius 3 is 0.922 bits per heavy atom. The summed E-state index contributed by atoms with van der Waals surface area (Å²) in [5.74, 6) is -0.00870. The van der Waals surface area contributed by atoms with E-state index >= 15 is 0 Å². The van der Waals surface area contributed by atoms with Gasteiger partial charge in [-0.05, 0) is 51.4 Å². The molecule has 0 aromatic rings. The van der Waals surface area contributed by atoms with Crippen LogP contribution in [0.4, 0.5) is 0 Å². The first-order valence-corrected chi connectivity index (χ1v) is 35.4. The maximum absolute atomic E-state index is 12.5. The predicted molar refractivity (Wildman–Crippen MR) is 338 cm³/mol. The van der Waals surface area contributed by atoms with Crippen LogP contribution in [0.5, 0.6) is 0 Å². The Hall–Kier alpha value is -1.40. The van der Waals surface area contributed by atoms with Crippen LogP contribution in [0, 0.1) is 0 Å². The fraction of sp³-hybridized carbons (Fsp3) is 0.944. The normalized spacial score (nSPS) is 12.5. The summed E-state index contributed by atoms with van der Waals surface area (Å²) in [6, 6.07) is -0.539. The molecule has 6 heteroatoms. The summed E-state index contributed by atoms with van der Waals surface area (Å²) < 4.78 is 5.49. The van der Waals surface area contributed by atoms with E-state index in [1.807, 2.05) is 0 Å². The second-order valence-electron chi connectivity index (χ2n) is 24.6. The second kappa shape index (κ2) is 67.1. The van der Waals surface area contributed by atoms with Gasteiger partial charge in [0.15, 0.2) is 0 Å². The molecule has 458 valence electrons. The van der Waals surface area contributed by atoms with Crippen LogP contribution < -0.4 is 5.32 Å². The van der Waals surface area contributed by atoms with Gasteiger partial charge in [-0.2, -0.15) is 0 Å². The molecule has 0 aliphatic heterocycles. The summed E-state index contributed by atoms with van der Waals surface area (Å²) >= 11 is 0. The van der Waals surface area contributed by atoms with E-state index in [0.717, 1.165) is 38.5 Å². The van der Waals surface area contributed by atoms with Crippen molar-refractivity contribution in [3.63, 3.8) is 0 Å². The van der Waals surface area contributed by atoms with Crippen LogP contribution in [0.25, 0.3) is 0 Å². The number of nitrogens with one attached hydrogen (secondary N) is 1. The molecule has 3 N–H and O–H groups in total. The quantitative estimate of drug-likeness (QED) is 0.0320. The van der Waals surface area contributed by atoms with Crippen LogP contribution in [0.1, 0.15) is 406 Å². The van der Waals surface area contributed by atoms with Gasteiger partial charge < -0.3 is 20.3 Å². The number of esters is 1. The van der Waals surface area contributed by atoms with Gasteiger partial charge in [-0.3, -0.25) is 9.59 Å². The lowest BCUT2D eigenvalue weighted by Crippen LogP contribution is -2.45. The van der Waals surface area contributed by atoms with Gasteiger partial charge in [-0.25, -0.2) is 0 Å². The summed E-state index contributed by atoms with van der Waals surface area (Å²) in [6.07, 6.45) is 82.7. The highest BCUT2D eigenvalue weighted by molar-refractivity contribution is 5.76. The molecular weight excluding hydrogens is 947 g/mol. The molecule has 0 radical (unpaired) electrons. The van der Waals surface area contributed by atoms with Crippen LogP contribution in [0.2, 0.25) is 0 Å². The van der Waals surface area contributed by atoms with Crippen molar-refractivity contribution in [2.24, 2.45) is 0 Å². The largest absolute Gasteiger partial charge is 0.466 e. The van der Waals surface area contributed by atoms with E-state index < -0.39 is 12.1 Å². The molecule has 0 saturated carbocycles. The van der Waals surface area contributed by atoms with E-state index in [1.54, 1.807) is 0 Å². The lowest BCUT2D eigenvalue weighted by Gasteiger charge is -2.22. The van der Waals surface area contributed by atoms with Crippen molar-refractivity contribution in [2.45, 2.75) is 418 Å². The lowest BCUT2D eigenvalue weighted by atomic mass is 10.0. The van der Waals surface area contributed by atoms with Gasteiger partial charge in [0.1, 0.15) is 0 Å². The maximum Gasteiger partial charge on any atom is 0.305 e. The summed E-state index contributed by atoms with van der Waals surface area (Å²) in [5.41, 5.74) is 0. The predicted octanol–water partition coefficient (Wildman–Crippen LogP) is 22.8. The molecule has 77 heavy (non-hydrogen) atoms. The summed E-state index contributed by atoms with van der Waals surface area (Å²) in [5, 5.41) is 23.3. The number of rotatable bonds is 67. The van der Waals surface area contributed by atoms with Gasteiger partial charge in [0.2, 0.25) is 5.91 Å². The van der Waals surface area contributed by atoms with Crippen molar-refractivity contribution in [1.29, 1.82) is 0 Å². The zero-order valence-electron chi connectivity index (χ0n) is 52.5. The zero-order valence-corrected chi connectivity index (χ0v) is 52.5. The number of aliphatic hydroxyl groups excluding tert-OH is 2. The van der Waals surface area contributed by atoms with Crippen molar-refractivity contribution in [1.82, 2.24) is 5.32 Å². The van der Waals surface area contributed by atoms with E-state index in [4.69, 9.17) is 4.74 Å². The third-order valence-electron chi connectivity index (χ3n) is 16.8. The minimum Gasteiger partial charge on any atom is -0.466 e. The molecule has 0 aromatic carbocycles. The SMILES string of the molecule is CCCCCCCCCCCCCCCCCC(O)C(CO)NC(=O)CCCCCCCCCCCCCCCCC/C=C\CCCCCCCCCCCCCCOC(=O)CCCCCCCCCCCCCCCC. The van der Waals surface area contributed by atoms with E-state index in [0.29, 0.717) is 25.9 Å². The Bertz CT molecular complexity index is 1160. The fourth-order valence-electron chi connectivity index (χ4n) is 11.4. The number of ether oxygens (including phenoxy) is 1. The first-order valence-electron chi connectivity index (χ1n) is 35.4. The number of aliphatic hydroxyl groups is 2. The summed E-state index contributed by atoms with van der Waals surface area (Å²) in [4.78, 5) is 24.6. The molecule has 1 amide bonds. The van der Waals surface area contributed by atoms with Crippen molar-refractivity contribution < 1.29 is 24.5 Å². The highest BCUT2D eigenvalue weighted by atomic mass is 16.5. The minimum absolute atomic E-state index is 0.0208. The average Bonchev–Trinajstić information content (AvgIpc) is 3.43. The molecule has 0 aromatic heterocycles. The van der Waals surface area contributed by atoms with Crippen LogP contribution in [0.15, 0.2) is 12.2 Å². The summed E-state index contributed by atoms with van der Waals surface area (Å²) in [7, 11) is 0. The molecule has 2 unspecified atom stereocenters. The van der Waals surface area contributed by atoms with Gasteiger partial charge in [0.25, 0.3) is 0 Å². The molecule has 6 nitrogen and oxygen atoms in total. The molecule has 0 bridgehead atoms. The van der Waals surface area contributed by atoms with Crippen molar-refractivity contribution >= 4 is 11.9 Å². The highest BCUT2D eigenvalue weighted by Gasteiger charge is 2.20. The molecule has 0 fully saturated rings. The standard InChI is InChI=1S/C71H139NO5/c1-3-5-7-9-11-13-15-17-36-39-43-47-51-55-59-63-69(74)68(67-73)72-70(75)64-60-56-52-48-44-40-37-34-32-30-28-26-24-22-20-19-21-23-25-27-29-31-33-35-38-42-46-50-54-58-62-66-77-71(76)65-61-57-53-49-45-41-18-16-14-12-10-8-6-4-2/h21,23,68-69,73-74H,3-20,22,24-67H2,1-2H3,(H,72,75)/b23-21-. The molecule has 0 aliphatic carbocycles. The van der Waals surface area contributed by atoms with Crippen LogP contribution in [-0.2, 0) is 14.3 Å². The van der Waals surface area contributed by atoms with Crippen LogP contribution in [0.3, 0.4) is 0 Å². The number of allylic oxidation sites excluding steroid dienone is 2. The monoisotopic (exact) mass is 1090 g/mol.